The van der Waals surface area contributed by atoms with Crippen LogP contribution in [0.5, 0.6) is 0 Å². The van der Waals surface area contributed by atoms with Crippen LogP contribution in [0.4, 0.5) is 0 Å². The Hall–Kier alpha value is -5.42. The second-order valence-electron chi connectivity index (χ2n) is 11.8. The molecule has 2 aromatic heterocycles. The Morgan fingerprint density at radius 2 is 0.766 bits per heavy atom. The molecule has 2 heterocycles. The van der Waals surface area contributed by atoms with Crippen molar-refractivity contribution in [1.82, 2.24) is 9.97 Å². The third kappa shape index (κ3) is 4.60. The summed E-state index contributed by atoms with van der Waals surface area (Å²) in [6.45, 7) is 0. The van der Waals surface area contributed by atoms with Crippen LogP contribution in [-0.4, -0.2) is 9.97 Å². The van der Waals surface area contributed by atoms with Crippen LogP contribution in [0.25, 0.3) is 54.5 Å². The van der Waals surface area contributed by atoms with Crippen LogP contribution in [0, 0.1) is 0 Å². The summed E-state index contributed by atoms with van der Waals surface area (Å²) in [4.78, 5) is 9.01. The molecule has 6 aromatic carbocycles. The zero-order valence-corrected chi connectivity index (χ0v) is 27.0. The maximum atomic E-state index is 4.51. The molecule has 0 aliphatic heterocycles. The highest BCUT2D eigenvalue weighted by Gasteiger charge is 2.46. The highest BCUT2D eigenvalue weighted by atomic mass is 32.1. The number of nitrogens with zero attached hydrogens (tertiary/aromatic N) is 2. The molecule has 0 radical (unpaired) electrons. The maximum absolute atomic E-state index is 4.51. The molecule has 0 amide bonds. The van der Waals surface area contributed by atoms with Crippen molar-refractivity contribution in [2.75, 3.05) is 0 Å². The number of benzene rings is 6. The van der Waals surface area contributed by atoms with E-state index < -0.39 is 5.41 Å². The van der Waals surface area contributed by atoms with Gasteiger partial charge in [0.25, 0.3) is 0 Å². The van der Waals surface area contributed by atoms with Crippen molar-refractivity contribution in [3.8, 4) is 54.5 Å². The smallest absolute Gasteiger partial charge is 0.123 e. The minimum atomic E-state index is -0.485. The van der Waals surface area contributed by atoms with Gasteiger partial charge in [0.15, 0.2) is 0 Å². The van der Waals surface area contributed by atoms with Gasteiger partial charge in [-0.15, -0.1) is 22.7 Å². The molecule has 4 heteroatoms. The quantitative estimate of drug-likeness (QED) is 0.181. The van der Waals surface area contributed by atoms with Gasteiger partial charge in [0, 0.05) is 34.3 Å². The summed E-state index contributed by atoms with van der Waals surface area (Å²) in [5.74, 6) is 0. The van der Waals surface area contributed by atoms with Crippen LogP contribution in [-0.2, 0) is 5.41 Å². The Bertz CT molecular complexity index is 2140. The lowest BCUT2D eigenvalue weighted by Crippen LogP contribution is -2.28. The zero-order valence-electron chi connectivity index (χ0n) is 25.4. The van der Waals surface area contributed by atoms with Crippen molar-refractivity contribution in [2.24, 2.45) is 0 Å². The third-order valence-electron chi connectivity index (χ3n) is 9.35. The highest BCUT2D eigenvalue weighted by molar-refractivity contribution is 7.13. The van der Waals surface area contributed by atoms with Gasteiger partial charge in [-0.3, -0.25) is 0 Å². The lowest BCUT2D eigenvalue weighted by Gasteiger charge is -2.34. The van der Waals surface area contributed by atoms with Gasteiger partial charge in [-0.25, -0.2) is 9.97 Å². The van der Waals surface area contributed by atoms with E-state index in [1.807, 2.05) is 23.2 Å². The Labute approximate surface area is 282 Å². The second kappa shape index (κ2) is 11.4. The average Bonchev–Trinajstić information content (AvgIpc) is 3.93. The summed E-state index contributed by atoms with van der Waals surface area (Å²) in [7, 11) is 0. The minimum Gasteiger partial charge on any atom is -0.245 e. The molecule has 47 heavy (non-hydrogen) atoms. The molecule has 1 aliphatic rings. The van der Waals surface area contributed by atoms with Crippen molar-refractivity contribution in [2.45, 2.75) is 5.41 Å². The Morgan fingerprint density at radius 3 is 1.15 bits per heavy atom. The largest absolute Gasteiger partial charge is 0.245 e. The van der Waals surface area contributed by atoms with Crippen LogP contribution in [0.2, 0.25) is 0 Å². The fraction of sp³-hybridized carbons (Fsp3) is 0.0233. The first-order valence-electron chi connectivity index (χ1n) is 15.7. The molecule has 1 aliphatic carbocycles. The molecular weight excluding hydrogens is 609 g/mol. The minimum absolute atomic E-state index is 0.485. The predicted octanol–water partition coefficient (Wildman–Crippen LogP) is 11.6. The van der Waals surface area contributed by atoms with Crippen LogP contribution in [0.1, 0.15) is 22.3 Å². The number of fused-ring (bicyclic) bond motifs is 3. The molecule has 0 fully saturated rings. The van der Waals surface area contributed by atoms with Gasteiger partial charge >= 0.3 is 0 Å². The highest BCUT2D eigenvalue weighted by Crippen LogP contribution is 2.57. The number of hydrogen-bond acceptors (Lipinski definition) is 4. The first-order valence-corrected chi connectivity index (χ1v) is 17.5. The predicted molar refractivity (Wildman–Crippen MR) is 197 cm³/mol. The van der Waals surface area contributed by atoms with E-state index in [1.54, 1.807) is 22.7 Å². The summed E-state index contributed by atoms with van der Waals surface area (Å²) < 4.78 is 0. The topological polar surface area (TPSA) is 25.8 Å². The van der Waals surface area contributed by atoms with Crippen LogP contribution < -0.4 is 0 Å². The van der Waals surface area contributed by atoms with Gasteiger partial charge < -0.3 is 0 Å². The number of rotatable bonds is 6. The van der Waals surface area contributed by atoms with Gasteiger partial charge in [-0.05, 0) is 67.8 Å². The summed E-state index contributed by atoms with van der Waals surface area (Å²) in [6, 6.07) is 53.7. The van der Waals surface area contributed by atoms with E-state index in [0.29, 0.717) is 0 Å². The van der Waals surface area contributed by atoms with Crippen molar-refractivity contribution in [3.05, 3.63) is 191 Å². The van der Waals surface area contributed by atoms with E-state index in [2.05, 4.69) is 156 Å². The summed E-state index contributed by atoms with van der Waals surface area (Å²) in [5, 5.41) is 6.14. The molecule has 2 nitrogen and oxygen atoms in total. The van der Waals surface area contributed by atoms with Crippen LogP contribution in [0.3, 0.4) is 0 Å². The zero-order chi connectivity index (χ0) is 31.2. The molecule has 222 valence electrons. The van der Waals surface area contributed by atoms with Crippen molar-refractivity contribution < 1.29 is 0 Å². The summed E-state index contributed by atoms with van der Waals surface area (Å²) >= 11 is 3.34. The van der Waals surface area contributed by atoms with E-state index in [9.17, 15) is 0 Å². The molecule has 0 atom stereocenters. The monoisotopic (exact) mass is 636 g/mol. The molecule has 0 bridgehead atoms. The fourth-order valence-electron chi connectivity index (χ4n) is 7.19. The number of hydrogen-bond donors (Lipinski definition) is 0. The first-order chi connectivity index (χ1) is 23.3. The van der Waals surface area contributed by atoms with Gasteiger partial charge in [-0.1, -0.05) is 133 Å². The Kier molecular flexibility index (Phi) is 6.77. The summed E-state index contributed by atoms with van der Waals surface area (Å²) in [6.07, 6.45) is 3.73. The van der Waals surface area contributed by atoms with E-state index in [1.165, 1.54) is 55.6 Å². The molecule has 0 saturated carbocycles. The van der Waals surface area contributed by atoms with E-state index in [4.69, 9.17) is 0 Å². The second-order valence-corrected chi connectivity index (χ2v) is 13.6. The van der Waals surface area contributed by atoms with Crippen LogP contribution in [0.15, 0.2) is 169 Å². The van der Waals surface area contributed by atoms with E-state index in [0.717, 1.165) is 21.1 Å². The fourth-order valence-corrected chi connectivity index (χ4v) is 8.48. The third-order valence-corrected chi connectivity index (χ3v) is 11.0. The maximum Gasteiger partial charge on any atom is 0.123 e. The lowest BCUT2D eigenvalue weighted by molar-refractivity contribution is 0.769. The van der Waals surface area contributed by atoms with Gasteiger partial charge in [0.05, 0.1) is 5.41 Å². The Balaban J connectivity index is 1.24. The molecule has 0 saturated heterocycles. The molecule has 0 spiro atoms. The van der Waals surface area contributed by atoms with Crippen molar-refractivity contribution >= 4 is 22.7 Å². The van der Waals surface area contributed by atoms with Gasteiger partial charge in [0.1, 0.15) is 10.0 Å². The van der Waals surface area contributed by atoms with Crippen LogP contribution >= 0.6 is 22.7 Å². The Morgan fingerprint density at radius 1 is 0.383 bits per heavy atom. The molecular formula is C43H28N2S2. The standard InChI is InChI=1S/C43H28N2S2/c1-3-7-35(8-4-1)43(36-9-5-2-6-10-36)39-27-33(29-11-15-31(16-12-29)41-44-23-25-46-41)19-21-37(39)38-22-20-34(28-40(38)43)30-13-17-32(18-14-30)42-45-24-26-47-42/h1-28H. The normalized spacial score (nSPS) is 12.9. The van der Waals surface area contributed by atoms with Crippen molar-refractivity contribution in [3.63, 3.8) is 0 Å². The molecule has 8 aromatic rings. The lowest BCUT2D eigenvalue weighted by atomic mass is 9.67. The summed E-state index contributed by atoms with van der Waals surface area (Å²) in [5.41, 5.74) is 14.3. The van der Waals surface area contributed by atoms with E-state index >= 15 is 0 Å². The van der Waals surface area contributed by atoms with Gasteiger partial charge in [0.2, 0.25) is 0 Å². The number of thiazole rings is 2. The SMILES string of the molecule is c1ccc(C2(c3ccccc3)c3cc(-c4ccc(-c5nccs5)cc4)ccc3-c3ccc(-c4ccc(-c5nccs5)cc4)cc32)cc1. The first kappa shape index (κ1) is 27.9. The van der Waals surface area contributed by atoms with Crippen molar-refractivity contribution in [1.29, 1.82) is 0 Å². The molecule has 0 unspecified atom stereocenters. The molecule has 9 rings (SSSR count). The average molecular weight is 637 g/mol. The molecule has 0 N–H and O–H groups in total. The van der Waals surface area contributed by atoms with Gasteiger partial charge in [-0.2, -0.15) is 0 Å². The van der Waals surface area contributed by atoms with E-state index in [-0.39, 0.29) is 0 Å². The number of aromatic nitrogens is 2.